The van der Waals surface area contributed by atoms with Crippen molar-refractivity contribution >= 4 is 29.9 Å². The van der Waals surface area contributed by atoms with Gasteiger partial charge in [-0.05, 0) is 5.56 Å². The number of benzene rings is 1. The van der Waals surface area contributed by atoms with Crippen LogP contribution in [0, 0.1) is 10.1 Å². The fourth-order valence-corrected chi connectivity index (χ4v) is 1.73. The fraction of sp³-hybridized carbons (Fsp3) is 0.333. The van der Waals surface area contributed by atoms with E-state index in [2.05, 4.69) is 0 Å². The molecule has 84 valence electrons. The molecule has 1 aromatic rings. The summed E-state index contributed by atoms with van der Waals surface area (Å²) >= 11 is 1.73. The minimum atomic E-state index is -0.392. The van der Waals surface area contributed by atoms with E-state index in [-0.39, 0.29) is 18.1 Å². The van der Waals surface area contributed by atoms with Gasteiger partial charge < -0.3 is 5.73 Å². The summed E-state index contributed by atoms with van der Waals surface area (Å²) in [4.78, 5) is 9.96. The normalized spacial score (nSPS) is 9.40. The topological polar surface area (TPSA) is 69.2 Å². The number of hydrogen-bond donors (Lipinski definition) is 1. The standard InChI is InChI=1S/C9H12N2O2S.ClH/c10-5-6-14-7-8-1-3-9(4-2-8)11(12)13;/h1-4H,5-7,10H2;1H. The molecule has 0 spiro atoms. The van der Waals surface area contributed by atoms with Crippen molar-refractivity contribution in [2.45, 2.75) is 5.75 Å². The van der Waals surface area contributed by atoms with Gasteiger partial charge in [-0.1, -0.05) is 12.1 Å². The molecule has 0 saturated carbocycles. The molecule has 0 aromatic heterocycles. The Morgan fingerprint density at radius 1 is 1.33 bits per heavy atom. The van der Waals surface area contributed by atoms with Crippen molar-refractivity contribution in [2.24, 2.45) is 5.73 Å². The van der Waals surface area contributed by atoms with Crippen LogP contribution in [0.15, 0.2) is 24.3 Å². The summed E-state index contributed by atoms with van der Waals surface area (Å²) in [7, 11) is 0. The number of rotatable bonds is 5. The average molecular weight is 249 g/mol. The highest BCUT2D eigenvalue weighted by Crippen LogP contribution is 2.16. The zero-order valence-electron chi connectivity index (χ0n) is 8.09. The first kappa shape index (κ1) is 14.2. The third-order valence-electron chi connectivity index (χ3n) is 1.68. The van der Waals surface area contributed by atoms with Crippen molar-refractivity contribution in [1.82, 2.24) is 0 Å². The molecule has 0 fully saturated rings. The number of nitrogens with zero attached hydrogens (tertiary/aromatic N) is 1. The molecule has 4 nitrogen and oxygen atoms in total. The van der Waals surface area contributed by atoms with Crippen LogP contribution in [0.1, 0.15) is 5.56 Å². The first-order valence-electron chi connectivity index (χ1n) is 4.25. The Kier molecular flexibility index (Phi) is 7.11. The van der Waals surface area contributed by atoms with Crippen LogP contribution in [-0.4, -0.2) is 17.2 Å². The maximum atomic E-state index is 10.4. The first-order chi connectivity index (χ1) is 6.74. The second kappa shape index (κ2) is 7.50. The summed E-state index contributed by atoms with van der Waals surface area (Å²) < 4.78 is 0. The number of non-ortho nitro benzene ring substituents is 1. The van der Waals surface area contributed by atoms with E-state index in [0.717, 1.165) is 17.1 Å². The van der Waals surface area contributed by atoms with Gasteiger partial charge in [0.25, 0.3) is 5.69 Å². The van der Waals surface area contributed by atoms with Gasteiger partial charge in [-0.15, -0.1) is 12.4 Å². The quantitative estimate of drug-likeness (QED) is 0.493. The van der Waals surface area contributed by atoms with Gasteiger partial charge in [-0.2, -0.15) is 11.8 Å². The molecule has 15 heavy (non-hydrogen) atoms. The smallest absolute Gasteiger partial charge is 0.269 e. The molecule has 0 aliphatic heterocycles. The molecule has 1 aromatic carbocycles. The van der Waals surface area contributed by atoms with Crippen LogP contribution < -0.4 is 5.73 Å². The van der Waals surface area contributed by atoms with Crippen LogP contribution in [0.5, 0.6) is 0 Å². The molecular weight excluding hydrogens is 236 g/mol. The van der Waals surface area contributed by atoms with E-state index >= 15 is 0 Å². The monoisotopic (exact) mass is 248 g/mol. The summed E-state index contributed by atoms with van der Waals surface area (Å²) in [5.41, 5.74) is 6.57. The number of nitro groups is 1. The number of hydrogen-bond acceptors (Lipinski definition) is 4. The van der Waals surface area contributed by atoms with Crippen molar-refractivity contribution < 1.29 is 4.92 Å². The summed E-state index contributed by atoms with van der Waals surface area (Å²) in [6.45, 7) is 0.664. The zero-order chi connectivity index (χ0) is 10.4. The number of nitrogens with two attached hydrogens (primary N) is 1. The highest BCUT2D eigenvalue weighted by Gasteiger charge is 2.03. The van der Waals surface area contributed by atoms with Crippen LogP contribution in [0.25, 0.3) is 0 Å². The van der Waals surface area contributed by atoms with Crippen molar-refractivity contribution in [3.8, 4) is 0 Å². The highest BCUT2D eigenvalue weighted by molar-refractivity contribution is 7.98. The van der Waals surface area contributed by atoms with Gasteiger partial charge in [0, 0.05) is 30.2 Å². The Morgan fingerprint density at radius 2 is 1.93 bits per heavy atom. The Morgan fingerprint density at radius 3 is 2.40 bits per heavy atom. The van der Waals surface area contributed by atoms with Crippen LogP contribution in [-0.2, 0) is 5.75 Å². The maximum absolute atomic E-state index is 10.4. The average Bonchev–Trinajstić information content (AvgIpc) is 2.19. The van der Waals surface area contributed by atoms with E-state index in [1.54, 1.807) is 23.9 Å². The Bertz CT molecular complexity index is 305. The zero-order valence-corrected chi connectivity index (χ0v) is 9.72. The molecule has 0 saturated heterocycles. The molecule has 0 radical (unpaired) electrons. The number of nitro benzene ring substituents is 1. The molecule has 0 aliphatic carbocycles. The predicted octanol–water partition coefficient (Wildman–Crippen LogP) is 2.21. The molecule has 0 aliphatic rings. The van der Waals surface area contributed by atoms with E-state index in [1.165, 1.54) is 12.1 Å². The third kappa shape index (κ3) is 5.01. The second-order valence-electron chi connectivity index (χ2n) is 2.76. The van der Waals surface area contributed by atoms with Crippen LogP contribution in [0.2, 0.25) is 0 Å². The number of halogens is 1. The minimum Gasteiger partial charge on any atom is -0.330 e. The van der Waals surface area contributed by atoms with Gasteiger partial charge >= 0.3 is 0 Å². The fourth-order valence-electron chi connectivity index (χ4n) is 0.987. The van der Waals surface area contributed by atoms with E-state index < -0.39 is 4.92 Å². The molecule has 2 N–H and O–H groups in total. The molecule has 0 heterocycles. The van der Waals surface area contributed by atoms with E-state index in [1.807, 2.05) is 0 Å². The molecule has 0 bridgehead atoms. The second-order valence-corrected chi connectivity index (χ2v) is 3.87. The Balaban J connectivity index is 0.00000196. The maximum Gasteiger partial charge on any atom is 0.269 e. The Labute approximate surface area is 98.8 Å². The predicted molar refractivity (Wildman–Crippen MR) is 65.6 cm³/mol. The lowest BCUT2D eigenvalue weighted by atomic mass is 10.2. The van der Waals surface area contributed by atoms with Crippen molar-refractivity contribution in [3.63, 3.8) is 0 Å². The Hall–Kier alpha value is -0.780. The molecule has 6 heteroatoms. The van der Waals surface area contributed by atoms with Gasteiger partial charge in [-0.3, -0.25) is 10.1 Å². The van der Waals surface area contributed by atoms with E-state index in [0.29, 0.717) is 6.54 Å². The van der Waals surface area contributed by atoms with Crippen LogP contribution >= 0.6 is 24.2 Å². The van der Waals surface area contributed by atoms with Gasteiger partial charge in [-0.25, -0.2) is 0 Å². The lowest BCUT2D eigenvalue weighted by Crippen LogP contribution is -2.01. The number of thioether (sulfide) groups is 1. The molecule has 1 rings (SSSR count). The van der Waals surface area contributed by atoms with Gasteiger partial charge in [0.15, 0.2) is 0 Å². The van der Waals surface area contributed by atoms with Gasteiger partial charge in [0.2, 0.25) is 0 Å². The largest absolute Gasteiger partial charge is 0.330 e. The third-order valence-corrected chi connectivity index (χ3v) is 2.74. The molecule has 0 amide bonds. The molecular formula is C9H13ClN2O2S. The van der Waals surface area contributed by atoms with Gasteiger partial charge in [0.1, 0.15) is 0 Å². The first-order valence-corrected chi connectivity index (χ1v) is 5.40. The van der Waals surface area contributed by atoms with Gasteiger partial charge in [0.05, 0.1) is 4.92 Å². The molecule has 0 unspecified atom stereocenters. The molecule has 0 atom stereocenters. The van der Waals surface area contributed by atoms with E-state index in [4.69, 9.17) is 5.73 Å². The summed E-state index contributed by atoms with van der Waals surface area (Å²) in [5, 5.41) is 10.4. The van der Waals surface area contributed by atoms with E-state index in [9.17, 15) is 10.1 Å². The van der Waals surface area contributed by atoms with Crippen LogP contribution in [0.3, 0.4) is 0 Å². The summed E-state index contributed by atoms with van der Waals surface area (Å²) in [6, 6.07) is 6.61. The van der Waals surface area contributed by atoms with Crippen LogP contribution in [0.4, 0.5) is 5.69 Å². The van der Waals surface area contributed by atoms with Crippen molar-refractivity contribution in [3.05, 3.63) is 39.9 Å². The highest BCUT2D eigenvalue weighted by atomic mass is 35.5. The van der Waals surface area contributed by atoms with Crippen molar-refractivity contribution in [2.75, 3.05) is 12.3 Å². The SMILES string of the molecule is Cl.NCCSCc1ccc([N+](=O)[O-])cc1. The summed E-state index contributed by atoms with van der Waals surface area (Å²) in [6.07, 6.45) is 0. The lowest BCUT2D eigenvalue weighted by molar-refractivity contribution is -0.384. The lowest BCUT2D eigenvalue weighted by Gasteiger charge is -1.99. The minimum absolute atomic E-state index is 0. The van der Waals surface area contributed by atoms with Crippen molar-refractivity contribution in [1.29, 1.82) is 0 Å². The summed E-state index contributed by atoms with van der Waals surface area (Å²) in [5.74, 6) is 1.77.